The number of carbonyl (C=O) groups is 1. The topological polar surface area (TPSA) is 49.3 Å². The van der Waals surface area contributed by atoms with Crippen LogP contribution in [0.1, 0.15) is 10.4 Å². The van der Waals surface area contributed by atoms with Crippen molar-refractivity contribution < 1.29 is 18.7 Å². The fraction of sp³-hybridized carbons (Fsp3) is 0.364. The highest BCUT2D eigenvalue weighted by molar-refractivity contribution is 7.98. The van der Waals surface area contributed by atoms with Crippen LogP contribution in [0.5, 0.6) is 0 Å². The Balaban J connectivity index is 2.78. The molecule has 2 N–H and O–H groups in total. The highest BCUT2D eigenvalue weighted by atomic mass is 35.5. The van der Waals surface area contributed by atoms with Gasteiger partial charge in [0.2, 0.25) is 0 Å². The molecule has 0 radical (unpaired) electrons. The molecule has 0 atom stereocenters. The standard InChI is InChI=1S/C11H12ClF2NO2S/c1-18-7-2-3-9(12)8(4-7)10(17)15-5-11(13,14)6-16/h2-4,16H,5-6H2,1H3,(H,15,17). The molecule has 0 heterocycles. The van der Waals surface area contributed by atoms with Crippen LogP contribution in [0.15, 0.2) is 23.1 Å². The van der Waals surface area contributed by atoms with E-state index >= 15 is 0 Å². The zero-order valence-corrected chi connectivity index (χ0v) is 11.1. The molecular formula is C11H12ClF2NO2S. The van der Waals surface area contributed by atoms with Crippen LogP contribution in [0.3, 0.4) is 0 Å². The van der Waals surface area contributed by atoms with Crippen LogP contribution in [0.2, 0.25) is 5.02 Å². The lowest BCUT2D eigenvalue weighted by Gasteiger charge is -2.14. The number of nitrogens with one attached hydrogen (secondary N) is 1. The van der Waals surface area contributed by atoms with Gasteiger partial charge in [0.15, 0.2) is 0 Å². The average Bonchev–Trinajstić information content (AvgIpc) is 2.36. The van der Waals surface area contributed by atoms with Crippen LogP contribution >= 0.6 is 23.4 Å². The molecule has 0 saturated carbocycles. The first-order chi connectivity index (χ1) is 8.39. The number of hydrogen-bond acceptors (Lipinski definition) is 3. The molecule has 7 heteroatoms. The third kappa shape index (κ3) is 4.12. The SMILES string of the molecule is CSc1ccc(Cl)c(C(=O)NCC(F)(F)CO)c1. The summed E-state index contributed by atoms with van der Waals surface area (Å²) in [5.74, 6) is -4.02. The Morgan fingerprint density at radius 1 is 1.56 bits per heavy atom. The third-order valence-corrected chi connectivity index (χ3v) is 3.21. The van der Waals surface area contributed by atoms with E-state index in [-0.39, 0.29) is 10.6 Å². The molecular weight excluding hydrogens is 284 g/mol. The Morgan fingerprint density at radius 3 is 2.78 bits per heavy atom. The number of hydrogen-bond donors (Lipinski definition) is 2. The molecule has 0 unspecified atom stereocenters. The molecule has 0 aliphatic rings. The number of carbonyl (C=O) groups excluding carboxylic acids is 1. The van der Waals surface area contributed by atoms with Gasteiger partial charge in [0.1, 0.15) is 6.61 Å². The van der Waals surface area contributed by atoms with Crippen molar-refractivity contribution in [2.24, 2.45) is 0 Å². The summed E-state index contributed by atoms with van der Waals surface area (Å²) in [6.45, 7) is -2.24. The fourth-order valence-electron chi connectivity index (χ4n) is 1.17. The molecule has 1 aromatic rings. The number of aliphatic hydroxyl groups excluding tert-OH is 1. The summed E-state index contributed by atoms with van der Waals surface area (Å²) in [5, 5.41) is 10.6. The Morgan fingerprint density at radius 2 is 2.22 bits per heavy atom. The van der Waals surface area contributed by atoms with E-state index in [9.17, 15) is 13.6 Å². The lowest BCUT2D eigenvalue weighted by atomic mass is 10.2. The Labute approximate surface area is 113 Å². The molecule has 1 rings (SSSR count). The fourth-order valence-corrected chi connectivity index (χ4v) is 1.81. The number of thioether (sulfide) groups is 1. The largest absolute Gasteiger partial charge is 0.390 e. The minimum Gasteiger partial charge on any atom is -0.390 e. The maximum absolute atomic E-state index is 12.8. The number of halogens is 3. The van der Waals surface area contributed by atoms with Crippen LogP contribution in [-0.4, -0.2) is 36.3 Å². The number of benzene rings is 1. The van der Waals surface area contributed by atoms with Gasteiger partial charge in [-0.15, -0.1) is 11.8 Å². The van der Waals surface area contributed by atoms with E-state index in [1.807, 2.05) is 11.6 Å². The predicted octanol–water partition coefficient (Wildman–Crippen LogP) is 2.42. The zero-order valence-electron chi connectivity index (χ0n) is 9.54. The van der Waals surface area contributed by atoms with E-state index in [0.29, 0.717) is 0 Å². The number of alkyl halides is 2. The molecule has 100 valence electrons. The Kier molecular flexibility index (Phi) is 5.37. The summed E-state index contributed by atoms with van der Waals surface area (Å²) in [6, 6.07) is 4.79. The van der Waals surface area contributed by atoms with Crippen LogP contribution < -0.4 is 5.32 Å². The van der Waals surface area contributed by atoms with Gasteiger partial charge in [0, 0.05) is 4.90 Å². The molecule has 18 heavy (non-hydrogen) atoms. The van der Waals surface area contributed by atoms with Crippen molar-refractivity contribution in [2.75, 3.05) is 19.4 Å². The van der Waals surface area contributed by atoms with Crippen LogP contribution in [0, 0.1) is 0 Å². The molecule has 0 aromatic heterocycles. The minimum atomic E-state index is -3.33. The average molecular weight is 296 g/mol. The van der Waals surface area contributed by atoms with Crippen molar-refractivity contribution in [1.29, 1.82) is 0 Å². The van der Waals surface area contributed by atoms with E-state index in [2.05, 4.69) is 0 Å². The van der Waals surface area contributed by atoms with Gasteiger partial charge < -0.3 is 10.4 Å². The second kappa shape index (κ2) is 6.36. The van der Waals surface area contributed by atoms with Gasteiger partial charge in [0.25, 0.3) is 11.8 Å². The lowest BCUT2D eigenvalue weighted by Crippen LogP contribution is -2.39. The monoisotopic (exact) mass is 295 g/mol. The summed E-state index contributed by atoms with van der Waals surface area (Å²) in [6.07, 6.45) is 1.82. The first-order valence-corrected chi connectivity index (χ1v) is 6.60. The number of rotatable bonds is 5. The molecule has 0 bridgehead atoms. The van der Waals surface area contributed by atoms with Crippen molar-refractivity contribution in [2.45, 2.75) is 10.8 Å². The van der Waals surface area contributed by atoms with Crippen molar-refractivity contribution in [1.82, 2.24) is 5.32 Å². The summed E-state index contributed by atoms with van der Waals surface area (Å²) in [4.78, 5) is 12.5. The van der Waals surface area contributed by atoms with E-state index in [1.165, 1.54) is 23.9 Å². The van der Waals surface area contributed by atoms with Gasteiger partial charge in [-0.25, -0.2) is 8.78 Å². The quantitative estimate of drug-likeness (QED) is 0.820. The normalized spacial score (nSPS) is 11.4. The van der Waals surface area contributed by atoms with Crippen molar-refractivity contribution >= 4 is 29.3 Å². The summed E-state index contributed by atoms with van der Waals surface area (Å²) < 4.78 is 25.5. The summed E-state index contributed by atoms with van der Waals surface area (Å²) >= 11 is 7.24. The molecule has 3 nitrogen and oxygen atoms in total. The summed E-state index contributed by atoms with van der Waals surface area (Å²) in [7, 11) is 0. The molecule has 0 aliphatic heterocycles. The number of amides is 1. The lowest BCUT2D eigenvalue weighted by molar-refractivity contribution is -0.0462. The molecule has 1 aromatic carbocycles. The number of aliphatic hydroxyl groups is 1. The molecule has 0 saturated heterocycles. The summed E-state index contributed by atoms with van der Waals surface area (Å²) in [5.41, 5.74) is 0.136. The second-order valence-corrected chi connectivity index (χ2v) is 4.83. The van der Waals surface area contributed by atoms with Crippen LogP contribution in [0.25, 0.3) is 0 Å². The van der Waals surface area contributed by atoms with E-state index in [4.69, 9.17) is 16.7 Å². The van der Waals surface area contributed by atoms with E-state index in [1.54, 1.807) is 6.07 Å². The van der Waals surface area contributed by atoms with Gasteiger partial charge in [0.05, 0.1) is 17.1 Å². The zero-order chi connectivity index (χ0) is 13.8. The molecule has 0 spiro atoms. The maximum atomic E-state index is 12.8. The Hall–Kier alpha value is -0.850. The van der Waals surface area contributed by atoms with E-state index in [0.717, 1.165) is 4.90 Å². The van der Waals surface area contributed by atoms with Crippen LogP contribution in [-0.2, 0) is 0 Å². The third-order valence-electron chi connectivity index (χ3n) is 2.16. The van der Waals surface area contributed by atoms with Crippen molar-refractivity contribution in [3.05, 3.63) is 28.8 Å². The van der Waals surface area contributed by atoms with Gasteiger partial charge in [-0.05, 0) is 24.5 Å². The second-order valence-electron chi connectivity index (χ2n) is 3.54. The molecule has 1 amide bonds. The van der Waals surface area contributed by atoms with Crippen LogP contribution in [0.4, 0.5) is 8.78 Å². The first-order valence-electron chi connectivity index (χ1n) is 5.00. The van der Waals surface area contributed by atoms with E-state index < -0.39 is 25.0 Å². The maximum Gasteiger partial charge on any atom is 0.287 e. The van der Waals surface area contributed by atoms with Gasteiger partial charge in [-0.2, -0.15) is 0 Å². The first kappa shape index (κ1) is 15.2. The van der Waals surface area contributed by atoms with Gasteiger partial charge in [-0.3, -0.25) is 4.79 Å². The highest BCUT2D eigenvalue weighted by Crippen LogP contribution is 2.23. The molecule has 0 aliphatic carbocycles. The highest BCUT2D eigenvalue weighted by Gasteiger charge is 2.28. The Bertz CT molecular complexity index is 443. The minimum absolute atomic E-state index is 0.136. The van der Waals surface area contributed by atoms with Gasteiger partial charge in [-0.1, -0.05) is 11.6 Å². The van der Waals surface area contributed by atoms with Crippen molar-refractivity contribution in [3.63, 3.8) is 0 Å². The predicted molar refractivity (Wildman–Crippen MR) is 67.6 cm³/mol. The smallest absolute Gasteiger partial charge is 0.287 e. The molecule has 0 fully saturated rings. The van der Waals surface area contributed by atoms with Crippen molar-refractivity contribution in [3.8, 4) is 0 Å². The van der Waals surface area contributed by atoms with Gasteiger partial charge >= 0.3 is 0 Å².